The Balaban J connectivity index is 1.51. The van der Waals surface area contributed by atoms with Crippen molar-refractivity contribution >= 4 is 16.6 Å². The summed E-state index contributed by atoms with van der Waals surface area (Å²) in [6, 6.07) is 18.7. The molecule has 1 aromatic heterocycles. The number of nitrogens with zero attached hydrogens (tertiary/aromatic N) is 1. The second-order valence-corrected chi connectivity index (χ2v) is 5.08. The molecule has 0 radical (unpaired) electrons. The Morgan fingerprint density at radius 1 is 1.00 bits per heavy atom. The van der Waals surface area contributed by atoms with E-state index in [4.69, 9.17) is 4.74 Å². The number of nitrogens with one attached hydrogen (secondary N) is 1. The number of fused-ring (bicyclic) bond motifs is 1. The molecule has 0 unspecified atom stereocenters. The van der Waals surface area contributed by atoms with Crippen molar-refractivity contribution in [3.8, 4) is 5.75 Å². The Kier molecular flexibility index (Phi) is 4.10. The normalized spacial score (nSPS) is 10.7. The predicted octanol–water partition coefficient (Wildman–Crippen LogP) is 4.15. The number of aryl methyl sites for hydroxylation is 1. The zero-order chi connectivity index (χ0) is 14.5. The third kappa shape index (κ3) is 3.19. The van der Waals surface area contributed by atoms with Gasteiger partial charge in [-0.05, 0) is 48.2 Å². The summed E-state index contributed by atoms with van der Waals surface area (Å²) in [6.07, 6.45) is 3.25. The molecule has 3 aromatic rings. The zero-order valence-corrected chi connectivity index (χ0v) is 12.3. The number of ether oxygens (including phenoxy) is 1. The summed E-state index contributed by atoms with van der Waals surface area (Å²) < 4.78 is 7.46. The van der Waals surface area contributed by atoms with Gasteiger partial charge in [0.25, 0.3) is 0 Å². The Hall–Kier alpha value is -2.42. The minimum atomic E-state index is 0.888. The van der Waals surface area contributed by atoms with Gasteiger partial charge in [-0.1, -0.05) is 18.2 Å². The van der Waals surface area contributed by atoms with E-state index in [1.807, 2.05) is 24.3 Å². The molecule has 2 aromatic carbocycles. The zero-order valence-electron chi connectivity index (χ0n) is 12.3. The molecule has 1 heterocycles. The summed E-state index contributed by atoms with van der Waals surface area (Å²) in [4.78, 5) is 0. The van der Waals surface area contributed by atoms with Gasteiger partial charge >= 0.3 is 0 Å². The van der Waals surface area contributed by atoms with Crippen LogP contribution in [0.3, 0.4) is 0 Å². The highest BCUT2D eigenvalue weighted by atomic mass is 16.5. The number of benzene rings is 2. The first-order chi connectivity index (χ1) is 10.4. The van der Waals surface area contributed by atoms with E-state index >= 15 is 0 Å². The van der Waals surface area contributed by atoms with Crippen molar-refractivity contribution in [1.82, 2.24) is 4.57 Å². The fraction of sp³-hybridized carbons (Fsp3) is 0.222. The smallest absolute Gasteiger partial charge is 0.119 e. The Morgan fingerprint density at radius 3 is 2.62 bits per heavy atom. The molecule has 3 heteroatoms. The highest BCUT2D eigenvalue weighted by Gasteiger charge is 1.99. The van der Waals surface area contributed by atoms with Gasteiger partial charge in [0.2, 0.25) is 0 Å². The van der Waals surface area contributed by atoms with Crippen LogP contribution in [-0.2, 0) is 6.54 Å². The second-order valence-electron chi connectivity index (χ2n) is 5.08. The molecular weight excluding hydrogens is 260 g/mol. The molecule has 0 saturated carbocycles. The largest absolute Gasteiger partial charge is 0.497 e. The maximum Gasteiger partial charge on any atom is 0.119 e. The number of rotatable bonds is 6. The minimum absolute atomic E-state index is 0.888. The Labute approximate surface area is 125 Å². The molecule has 0 fully saturated rings. The predicted molar refractivity (Wildman–Crippen MR) is 88.0 cm³/mol. The fourth-order valence-corrected chi connectivity index (χ4v) is 2.53. The van der Waals surface area contributed by atoms with E-state index < -0.39 is 0 Å². The van der Waals surface area contributed by atoms with Crippen LogP contribution >= 0.6 is 0 Å². The number of hydrogen-bond donors (Lipinski definition) is 1. The minimum Gasteiger partial charge on any atom is -0.497 e. The van der Waals surface area contributed by atoms with Crippen LogP contribution in [0.25, 0.3) is 10.9 Å². The lowest BCUT2D eigenvalue weighted by atomic mass is 10.2. The molecule has 0 atom stereocenters. The van der Waals surface area contributed by atoms with Crippen LogP contribution in [0.1, 0.15) is 6.42 Å². The van der Waals surface area contributed by atoms with Crippen LogP contribution in [0, 0.1) is 0 Å². The van der Waals surface area contributed by atoms with Crippen LogP contribution in [0.15, 0.2) is 60.8 Å². The number of aromatic nitrogens is 1. The third-order valence-electron chi connectivity index (χ3n) is 3.68. The van der Waals surface area contributed by atoms with E-state index in [9.17, 15) is 0 Å². The number of anilines is 1. The molecule has 0 aliphatic rings. The van der Waals surface area contributed by atoms with Crippen LogP contribution in [0.2, 0.25) is 0 Å². The van der Waals surface area contributed by atoms with Crippen molar-refractivity contribution < 1.29 is 4.74 Å². The lowest BCUT2D eigenvalue weighted by molar-refractivity contribution is 0.415. The van der Waals surface area contributed by atoms with Gasteiger partial charge in [0.15, 0.2) is 0 Å². The van der Waals surface area contributed by atoms with Gasteiger partial charge in [0.1, 0.15) is 5.75 Å². The molecule has 1 N–H and O–H groups in total. The second kappa shape index (κ2) is 6.35. The summed E-state index contributed by atoms with van der Waals surface area (Å²) >= 11 is 0. The van der Waals surface area contributed by atoms with Crippen molar-refractivity contribution in [1.29, 1.82) is 0 Å². The molecule has 3 rings (SSSR count). The van der Waals surface area contributed by atoms with Crippen molar-refractivity contribution in [2.24, 2.45) is 0 Å². The summed E-state index contributed by atoms with van der Waals surface area (Å²) in [6.45, 7) is 1.98. The maximum absolute atomic E-state index is 5.15. The van der Waals surface area contributed by atoms with Crippen LogP contribution in [0.5, 0.6) is 5.75 Å². The number of para-hydroxylation sites is 1. The molecule has 3 nitrogen and oxygen atoms in total. The first kappa shape index (κ1) is 13.6. The highest BCUT2D eigenvalue weighted by molar-refractivity contribution is 5.79. The van der Waals surface area contributed by atoms with Gasteiger partial charge in [0, 0.05) is 30.5 Å². The molecule has 21 heavy (non-hydrogen) atoms. The molecule has 0 aliphatic heterocycles. The molecule has 0 saturated heterocycles. The first-order valence-electron chi connectivity index (χ1n) is 7.28. The SMILES string of the molecule is COc1ccc(NCCCn2ccc3ccccc32)cc1. The summed E-state index contributed by atoms with van der Waals surface area (Å²) in [5.74, 6) is 0.888. The third-order valence-corrected chi connectivity index (χ3v) is 3.68. The molecule has 0 bridgehead atoms. The topological polar surface area (TPSA) is 26.2 Å². The van der Waals surface area contributed by atoms with Crippen LogP contribution in [0.4, 0.5) is 5.69 Å². The monoisotopic (exact) mass is 280 g/mol. The van der Waals surface area contributed by atoms with Gasteiger partial charge in [-0.25, -0.2) is 0 Å². The Bertz CT molecular complexity index is 701. The molecule has 0 spiro atoms. The van der Waals surface area contributed by atoms with Crippen molar-refractivity contribution in [3.05, 3.63) is 60.8 Å². The lowest BCUT2D eigenvalue weighted by Crippen LogP contribution is -2.06. The van der Waals surface area contributed by atoms with E-state index in [1.165, 1.54) is 10.9 Å². The van der Waals surface area contributed by atoms with Crippen molar-refractivity contribution in [3.63, 3.8) is 0 Å². The Morgan fingerprint density at radius 2 is 1.81 bits per heavy atom. The molecule has 0 amide bonds. The standard InChI is InChI=1S/C18H20N2O/c1-21-17-9-7-16(8-10-17)19-12-4-13-20-14-11-15-5-2-3-6-18(15)20/h2-3,5-11,14,19H,4,12-13H2,1H3. The molecular formula is C18H20N2O. The number of hydrogen-bond acceptors (Lipinski definition) is 2. The van der Waals surface area contributed by atoms with Crippen LogP contribution in [-0.4, -0.2) is 18.2 Å². The van der Waals surface area contributed by atoms with Gasteiger partial charge in [-0.2, -0.15) is 0 Å². The average Bonchev–Trinajstić information content (AvgIpc) is 2.95. The van der Waals surface area contributed by atoms with Gasteiger partial charge < -0.3 is 14.6 Å². The van der Waals surface area contributed by atoms with Crippen molar-refractivity contribution in [2.45, 2.75) is 13.0 Å². The van der Waals surface area contributed by atoms with Gasteiger partial charge in [-0.15, -0.1) is 0 Å². The maximum atomic E-state index is 5.15. The number of methoxy groups -OCH3 is 1. The highest BCUT2D eigenvalue weighted by Crippen LogP contribution is 2.16. The lowest BCUT2D eigenvalue weighted by Gasteiger charge is -2.09. The summed E-state index contributed by atoms with van der Waals surface area (Å²) in [7, 11) is 1.68. The van der Waals surface area contributed by atoms with E-state index in [0.29, 0.717) is 0 Å². The van der Waals surface area contributed by atoms with E-state index in [2.05, 4.69) is 46.4 Å². The van der Waals surface area contributed by atoms with Crippen LogP contribution < -0.4 is 10.1 Å². The summed E-state index contributed by atoms with van der Waals surface area (Å²) in [5, 5.41) is 4.74. The quantitative estimate of drug-likeness (QED) is 0.686. The summed E-state index contributed by atoms with van der Waals surface area (Å²) in [5.41, 5.74) is 2.44. The van der Waals surface area contributed by atoms with Crippen molar-refractivity contribution in [2.75, 3.05) is 19.0 Å². The molecule has 108 valence electrons. The van der Waals surface area contributed by atoms with E-state index in [1.54, 1.807) is 7.11 Å². The van der Waals surface area contributed by atoms with Gasteiger partial charge in [-0.3, -0.25) is 0 Å². The average molecular weight is 280 g/mol. The fourth-order valence-electron chi connectivity index (χ4n) is 2.53. The molecule has 0 aliphatic carbocycles. The van der Waals surface area contributed by atoms with Gasteiger partial charge in [0.05, 0.1) is 7.11 Å². The van der Waals surface area contributed by atoms with E-state index in [-0.39, 0.29) is 0 Å². The first-order valence-corrected chi connectivity index (χ1v) is 7.28. The van der Waals surface area contributed by atoms with E-state index in [0.717, 1.165) is 30.9 Å².